The second kappa shape index (κ2) is 5.45. The van der Waals surface area contributed by atoms with Gasteiger partial charge in [-0.25, -0.2) is 4.79 Å². The van der Waals surface area contributed by atoms with Gasteiger partial charge in [0, 0.05) is 20.3 Å². The maximum Gasteiger partial charge on any atom is 0.332 e. The number of barbiturate groups is 1. The van der Waals surface area contributed by atoms with Gasteiger partial charge < -0.3 is 10.2 Å². The zero-order valence-corrected chi connectivity index (χ0v) is 11.0. The number of carbonyl (C=O) groups excluding carboxylic acids is 3. The maximum atomic E-state index is 11.8. The summed E-state index contributed by atoms with van der Waals surface area (Å²) in [5.74, 6) is -2.59. The van der Waals surface area contributed by atoms with E-state index in [0.717, 1.165) is 16.0 Å². The maximum absolute atomic E-state index is 11.8. The van der Waals surface area contributed by atoms with Gasteiger partial charge in [-0.1, -0.05) is 0 Å². The molecule has 1 saturated heterocycles. The van der Waals surface area contributed by atoms with Crippen molar-refractivity contribution in [1.82, 2.24) is 9.80 Å². The summed E-state index contributed by atoms with van der Waals surface area (Å²) >= 11 is 0. The summed E-state index contributed by atoms with van der Waals surface area (Å²) < 4.78 is 0. The van der Waals surface area contributed by atoms with Crippen LogP contribution < -0.4 is 0 Å². The van der Waals surface area contributed by atoms with Crippen LogP contribution in [0.3, 0.4) is 0 Å². The lowest BCUT2D eigenvalue weighted by molar-refractivity contribution is -0.144. The fraction of sp³-hybridized carbons (Fsp3) is 0.636. The Kier molecular flexibility index (Phi) is 4.38. The van der Waals surface area contributed by atoms with Gasteiger partial charge in [0.15, 0.2) is 5.92 Å². The number of carbonyl (C=O) groups is 3. The molecule has 0 unspecified atom stereocenters. The first kappa shape index (κ1) is 15.3. The largest absolute Gasteiger partial charge is 0.394 e. The molecular weight excluding hydrogens is 254 g/mol. The van der Waals surface area contributed by atoms with Crippen LogP contribution in [-0.4, -0.2) is 76.9 Å². The number of imide groups is 2. The molecule has 1 aliphatic heterocycles. The van der Waals surface area contributed by atoms with Crippen molar-refractivity contribution in [3.63, 3.8) is 0 Å². The third-order valence-corrected chi connectivity index (χ3v) is 2.98. The third-order valence-electron chi connectivity index (χ3n) is 2.98. The Labute approximate surface area is 110 Å². The van der Waals surface area contributed by atoms with Gasteiger partial charge in [-0.05, 0) is 6.92 Å². The Morgan fingerprint density at radius 2 is 1.58 bits per heavy atom. The van der Waals surface area contributed by atoms with E-state index in [9.17, 15) is 14.4 Å². The molecule has 19 heavy (non-hydrogen) atoms. The molecule has 1 rings (SSSR count). The molecule has 0 saturated carbocycles. The van der Waals surface area contributed by atoms with Crippen molar-refractivity contribution < 1.29 is 24.6 Å². The molecule has 0 atom stereocenters. The van der Waals surface area contributed by atoms with Crippen LogP contribution in [0.1, 0.15) is 6.92 Å². The fourth-order valence-corrected chi connectivity index (χ4v) is 1.45. The average molecular weight is 271 g/mol. The predicted octanol–water partition coefficient (Wildman–Crippen LogP) is -1.53. The Hall–Kier alpha value is -1.80. The van der Waals surface area contributed by atoms with E-state index in [1.165, 1.54) is 21.0 Å². The van der Waals surface area contributed by atoms with E-state index in [2.05, 4.69) is 4.99 Å². The highest BCUT2D eigenvalue weighted by molar-refractivity contribution is 6.23. The number of rotatable bonds is 4. The van der Waals surface area contributed by atoms with E-state index in [4.69, 9.17) is 10.2 Å². The molecule has 0 spiro atoms. The molecule has 4 amide bonds. The quantitative estimate of drug-likeness (QED) is 0.476. The minimum absolute atomic E-state index is 0.431. The second-order valence-electron chi connectivity index (χ2n) is 4.65. The number of aliphatic hydroxyl groups is 2. The van der Waals surface area contributed by atoms with Gasteiger partial charge in [-0.15, -0.1) is 0 Å². The number of hydrogen-bond donors (Lipinski definition) is 2. The van der Waals surface area contributed by atoms with Gasteiger partial charge in [0.05, 0.1) is 13.2 Å². The lowest BCUT2D eigenvalue weighted by Crippen LogP contribution is -2.57. The van der Waals surface area contributed by atoms with Crippen LogP contribution in [0.15, 0.2) is 4.99 Å². The molecule has 0 aromatic rings. The molecule has 2 N–H and O–H groups in total. The Morgan fingerprint density at radius 3 is 1.95 bits per heavy atom. The van der Waals surface area contributed by atoms with Crippen LogP contribution in [0.2, 0.25) is 0 Å². The van der Waals surface area contributed by atoms with E-state index in [-0.39, 0.29) is 0 Å². The number of aliphatic hydroxyl groups excluding tert-OH is 2. The van der Waals surface area contributed by atoms with Gasteiger partial charge in [0.1, 0.15) is 5.54 Å². The molecule has 8 heteroatoms. The van der Waals surface area contributed by atoms with E-state index in [1.54, 1.807) is 0 Å². The monoisotopic (exact) mass is 271 g/mol. The van der Waals surface area contributed by atoms with Gasteiger partial charge >= 0.3 is 6.03 Å². The Balaban J connectivity index is 3.00. The summed E-state index contributed by atoms with van der Waals surface area (Å²) in [6, 6.07) is -0.702. The molecule has 1 heterocycles. The highest BCUT2D eigenvalue weighted by atomic mass is 16.3. The van der Waals surface area contributed by atoms with Gasteiger partial charge in [0.2, 0.25) is 11.8 Å². The Bertz CT molecular complexity index is 406. The number of nitrogens with zero attached hydrogens (tertiary/aromatic N) is 3. The molecule has 0 aromatic heterocycles. The summed E-state index contributed by atoms with van der Waals surface area (Å²) in [4.78, 5) is 40.7. The SMILES string of the molecule is CN1C(=O)C(C=NC(C)(CO)CO)C(=O)N(C)C1=O. The summed E-state index contributed by atoms with van der Waals surface area (Å²) in [6.07, 6.45) is 1.07. The summed E-state index contributed by atoms with van der Waals surface area (Å²) in [6.45, 7) is 0.610. The molecular formula is C11H17N3O5. The number of aliphatic imine (C=N–C) groups is 1. The molecule has 0 radical (unpaired) electrons. The van der Waals surface area contributed by atoms with Crippen molar-refractivity contribution >= 4 is 24.1 Å². The first-order valence-electron chi connectivity index (χ1n) is 5.63. The van der Waals surface area contributed by atoms with Crippen LogP contribution >= 0.6 is 0 Å². The standard InChI is InChI=1S/C11H17N3O5/c1-11(5-15,6-16)12-4-7-8(17)13(2)10(19)14(3)9(7)18/h4,7,15-16H,5-6H2,1-3H3. The highest BCUT2D eigenvalue weighted by Gasteiger charge is 2.41. The zero-order chi connectivity index (χ0) is 14.8. The van der Waals surface area contributed by atoms with Crippen molar-refractivity contribution in [2.45, 2.75) is 12.5 Å². The van der Waals surface area contributed by atoms with Crippen molar-refractivity contribution in [2.24, 2.45) is 10.9 Å². The fourth-order valence-electron chi connectivity index (χ4n) is 1.45. The first-order valence-corrected chi connectivity index (χ1v) is 5.63. The van der Waals surface area contributed by atoms with E-state index >= 15 is 0 Å². The number of urea groups is 1. The molecule has 0 aliphatic carbocycles. The minimum Gasteiger partial charge on any atom is -0.394 e. The molecule has 1 fully saturated rings. The van der Waals surface area contributed by atoms with Crippen LogP contribution in [0.25, 0.3) is 0 Å². The summed E-state index contributed by atoms with van der Waals surface area (Å²) in [5.41, 5.74) is -1.17. The second-order valence-corrected chi connectivity index (χ2v) is 4.65. The van der Waals surface area contributed by atoms with Crippen molar-refractivity contribution in [3.8, 4) is 0 Å². The van der Waals surface area contributed by atoms with Crippen LogP contribution in [0.5, 0.6) is 0 Å². The van der Waals surface area contributed by atoms with Crippen LogP contribution in [0.4, 0.5) is 4.79 Å². The number of hydrogen-bond acceptors (Lipinski definition) is 6. The third kappa shape index (κ3) is 2.79. The lowest BCUT2D eigenvalue weighted by atomic mass is 10.0. The number of amides is 4. The van der Waals surface area contributed by atoms with Gasteiger partial charge in [-0.3, -0.25) is 24.4 Å². The predicted molar refractivity (Wildman–Crippen MR) is 65.5 cm³/mol. The van der Waals surface area contributed by atoms with E-state index in [1.807, 2.05) is 0 Å². The highest BCUT2D eigenvalue weighted by Crippen LogP contribution is 2.15. The molecule has 1 aliphatic rings. The lowest BCUT2D eigenvalue weighted by Gasteiger charge is -2.31. The minimum atomic E-state index is -1.22. The zero-order valence-electron chi connectivity index (χ0n) is 11.0. The van der Waals surface area contributed by atoms with Crippen molar-refractivity contribution in [3.05, 3.63) is 0 Å². The van der Waals surface area contributed by atoms with E-state index < -0.39 is 42.5 Å². The van der Waals surface area contributed by atoms with Gasteiger partial charge in [0.25, 0.3) is 0 Å². The smallest absolute Gasteiger partial charge is 0.332 e. The molecule has 106 valence electrons. The van der Waals surface area contributed by atoms with E-state index in [0.29, 0.717) is 0 Å². The molecule has 0 bridgehead atoms. The van der Waals surface area contributed by atoms with Crippen LogP contribution in [-0.2, 0) is 9.59 Å². The molecule has 8 nitrogen and oxygen atoms in total. The topological polar surface area (TPSA) is 111 Å². The first-order chi connectivity index (χ1) is 8.77. The van der Waals surface area contributed by atoms with Crippen LogP contribution in [0, 0.1) is 5.92 Å². The normalized spacial score (nSPS) is 18.9. The average Bonchev–Trinajstić information content (AvgIpc) is 2.42. The summed E-state index contributed by atoms with van der Waals surface area (Å²) in [7, 11) is 2.54. The molecule has 0 aromatic carbocycles. The Morgan fingerprint density at radius 1 is 1.16 bits per heavy atom. The van der Waals surface area contributed by atoms with Crippen molar-refractivity contribution in [2.75, 3.05) is 27.3 Å². The van der Waals surface area contributed by atoms with Crippen molar-refractivity contribution in [1.29, 1.82) is 0 Å². The summed E-state index contributed by atoms with van der Waals surface area (Å²) in [5, 5.41) is 18.1. The van der Waals surface area contributed by atoms with Gasteiger partial charge in [-0.2, -0.15) is 0 Å².